The zero-order valence-corrected chi connectivity index (χ0v) is 27.5. The number of hydrogen-bond donors (Lipinski definition) is 4. The van der Waals surface area contributed by atoms with Crippen molar-refractivity contribution >= 4 is 5.78 Å². The molecule has 4 N–H and O–H groups in total. The van der Waals surface area contributed by atoms with Crippen LogP contribution in [0.1, 0.15) is 92.9 Å². The van der Waals surface area contributed by atoms with Crippen molar-refractivity contribution in [1.82, 2.24) is 0 Å². The Morgan fingerprint density at radius 1 is 0.867 bits per heavy atom. The Labute approximate surface area is 265 Å². The van der Waals surface area contributed by atoms with Crippen LogP contribution >= 0.6 is 0 Å². The van der Waals surface area contributed by atoms with Gasteiger partial charge in [0.1, 0.15) is 35.8 Å². The summed E-state index contributed by atoms with van der Waals surface area (Å²) in [6.45, 7) is 13.6. The van der Waals surface area contributed by atoms with E-state index >= 15 is 0 Å². The Kier molecular flexibility index (Phi) is 5.88. The van der Waals surface area contributed by atoms with Crippen LogP contribution < -0.4 is 0 Å². The lowest BCUT2D eigenvalue weighted by molar-refractivity contribution is -0.344. The van der Waals surface area contributed by atoms with E-state index < -0.39 is 48.4 Å². The zero-order valence-electron chi connectivity index (χ0n) is 27.5. The molecule has 3 spiro atoms. The topological polar surface area (TPSA) is 147 Å². The Morgan fingerprint density at radius 2 is 1.60 bits per heavy atom. The largest absolute Gasteiger partial charge is 0.388 e. The Balaban J connectivity index is 0.997. The predicted molar refractivity (Wildman–Crippen MR) is 157 cm³/mol. The van der Waals surface area contributed by atoms with Crippen molar-refractivity contribution in [2.24, 2.45) is 50.7 Å². The Bertz CT molecular complexity index is 1320. The summed E-state index contributed by atoms with van der Waals surface area (Å²) in [5, 5.41) is 41.4. The van der Waals surface area contributed by atoms with Gasteiger partial charge < -0.3 is 44.1 Å². The highest BCUT2D eigenvalue weighted by Gasteiger charge is 2.87. The summed E-state index contributed by atoms with van der Waals surface area (Å²) in [4.78, 5) is 14.5. The molecule has 9 aliphatic rings. The van der Waals surface area contributed by atoms with Crippen molar-refractivity contribution in [3.63, 3.8) is 0 Å². The van der Waals surface area contributed by atoms with Crippen molar-refractivity contribution in [2.75, 3.05) is 6.61 Å². The number of epoxide rings is 1. The fourth-order valence-corrected chi connectivity index (χ4v) is 13.9. The molecule has 0 radical (unpaired) electrons. The minimum Gasteiger partial charge on any atom is -0.388 e. The molecule has 5 saturated carbocycles. The van der Waals surface area contributed by atoms with Gasteiger partial charge in [-0.3, -0.25) is 4.79 Å². The zero-order chi connectivity index (χ0) is 31.9. The molecule has 9 fully saturated rings. The second kappa shape index (κ2) is 8.72. The van der Waals surface area contributed by atoms with Crippen molar-refractivity contribution in [3.05, 3.63) is 0 Å². The highest BCUT2D eigenvalue weighted by molar-refractivity contribution is 5.91. The molecule has 252 valence electrons. The molecule has 0 aromatic rings. The van der Waals surface area contributed by atoms with Crippen LogP contribution in [0.25, 0.3) is 0 Å². The third-order valence-electron chi connectivity index (χ3n) is 16.2. The molecule has 9 rings (SSSR count). The summed E-state index contributed by atoms with van der Waals surface area (Å²) in [5.41, 5.74) is -1.29. The monoisotopic (exact) mass is 632 g/mol. The van der Waals surface area contributed by atoms with Gasteiger partial charge in [0.2, 0.25) is 5.79 Å². The number of hydrogen-bond acceptors (Lipinski definition) is 10. The average Bonchev–Trinajstić information content (AvgIpc) is 3.82. The number of aliphatic hydroxyl groups is 4. The fourth-order valence-electron chi connectivity index (χ4n) is 13.9. The number of aliphatic hydroxyl groups excluding tert-OH is 4. The predicted octanol–water partition coefficient (Wildman–Crippen LogP) is 2.67. The maximum Gasteiger partial charge on any atom is 0.201 e. The van der Waals surface area contributed by atoms with Gasteiger partial charge in [-0.25, -0.2) is 0 Å². The minimum atomic E-state index is -1.37. The number of ketones is 1. The van der Waals surface area contributed by atoms with Gasteiger partial charge in [0.15, 0.2) is 12.6 Å². The highest BCUT2D eigenvalue weighted by Crippen LogP contribution is 2.88. The van der Waals surface area contributed by atoms with Crippen molar-refractivity contribution in [2.45, 2.75) is 154 Å². The molecule has 5 unspecified atom stereocenters. The van der Waals surface area contributed by atoms with Crippen molar-refractivity contribution < 1.29 is 48.9 Å². The quantitative estimate of drug-likeness (QED) is 0.265. The lowest BCUT2D eigenvalue weighted by atomic mass is 9.41. The molecule has 10 heteroatoms. The number of Topliss-reactive ketones (excluding diaryl/α,β-unsaturated/α-hetero) is 1. The van der Waals surface area contributed by atoms with Crippen LogP contribution in [-0.4, -0.2) is 93.4 Å². The van der Waals surface area contributed by atoms with E-state index in [4.69, 9.17) is 23.7 Å². The molecule has 4 heterocycles. The fraction of sp³-hybridized carbons (Fsp3) is 0.971. The standard InChI is InChI=1S/C35H52O10/c1-16-12-35(27-32(6,44-27)28(40)45-35)43-18-13-31(5)20-8-7-19-29(2,3)22(42-26-25(39)24(38)17(36)14-41-26)11-21(37)34(19)15-33(20,34)10-9-30(31,4)23(16)18/h16-20,22-28,36,38-40H,7-15H2,1-6H3/t16-,17-,18?,19+,20+,22+,23+,24+,25-,26+,27?,28?,30-,31+,32?,33+,34-,35?/m1/s1. The maximum atomic E-state index is 14.5. The average molecular weight is 633 g/mol. The molecule has 10 nitrogen and oxygen atoms in total. The van der Waals surface area contributed by atoms with E-state index in [2.05, 4.69) is 34.6 Å². The summed E-state index contributed by atoms with van der Waals surface area (Å²) < 4.78 is 31.1. The van der Waals surface area contributed by atoms with Crippen molar-refractivity contribution in [3.8, 4) is 0 Å². The van der Waals surface area contributed by atoms with E-state index in [1.165, 1.54) is 0 Å². The summed E-state index contributed by atoms with van der Waals surface area (Å²) >= 11 is 0. The minimum absolute atomic E-state index is 0.00850. The van der Waals surface area contributed by atoms with Gasteiger partial charge in [-0.15, -0.1) is 0 Å². The van der Waals surface area contributed by atoms with Crippen LogP contribution in [0.3, 0.4) is 0 Å². The summed E-state index contributed by atoms with van der Waals surface area (Å²) in [5.74, 6) is 0.739. The second-order valence-electron chi connectivity index (χ2n) is 18.2. The third-order valence-corrected chi connectivity index (χ3v) is 16.2. The molecule has 0 amide bonds. The van der Waals surface area contributed by atoms with Gasteiger partial charge >= 0.3 is 0 Å². The normalized spacial score (nSPS) is 65.2. The van der Waals surface area contributed by atoms with Crippen LogP contribution in [0.5, 0.6) is 0 Å². The van der Waals surface area contributed by atoms with E-state index in [9.17, 15) is 25.2 Å². The third kappa shape index (κ3) is 3.32. The highest BCUT2D eigenvalue weighted by atomic mass is 16.8. The van der Waals surface area contributed by atoms with Crippen LogP contribution in [0.15, 0.2) is 0 Å². The molecule has 0 aromatic heterocycles. The van der Waals surface area contributed by atoms with E-state index in [0.29, 0.717) is 17.8 Å². The van der Waals surface area contributed by atoms with Crippen LogP contribution in [-0.2, 0) is 28.5 Å². The van der Waals surface area contributed by atoms with Crippen molar-refractivity contribution in [1.29, 1.82) is 0 Å². The first kappa shape index (κ1) is 30.4. The molecular formula is C35H52O10. The SMILES string of the molecule is C[C@@H]1CC2(OC3C[C@@]4(C)[C@@H]5CC[C@H]6C(C)(C)[C@@H](O[C@@H]7OC[C@@H](O)[C@H](O)[C@H]7O)CC(=O)[C@@]67C[C@@]57CC[C@]4(C)[C@H]31)OC(O)C1(C)OC21. The summed E-state index contributed by atoms with van der Waals surface area (Å²) in [6, 6.07) is 0. The van der Waals surface area contributed by atoms with Gasteiger partial charge in [-0.05, 0) is 90.8 Å². The van der Waals surface area contributed by atoms with E-state index in [1.54, 1.807) is 0 Å². The number of fused-ring (bicyclic) bond motifs is 6. The summed E-state index contributed by atoms with van der Waals surface area (Å²) in [6.07, 6.45) is 0.439. The molecule has 4 saturated heterocycles. The van der Waals surface area contributed by atoms with Gasteiger partial charge in [0, 0.05) is 18.3 Å². The summed E-state index contributed by atoms with van der Waals surface area (Å²) in [7, 11) is 0. The van der Waals surface area contributed by atoms with E-state index in [0.717, 1.165) is 44.9 Å². The lowest BCUT2D eigenvalue weighted by Gasteiger charge is -2.63. The van der Waals surface area contributed by atoms with Gasteiger partial charge in [-0.2, -0.15) is 0 Å². The smallest absolute Gasteiger partial charge is 0.201 e. The maximum absolute atomic E-state index is 14.5. The van der Waals surface area contributed by atoms with Crippen LogP contribution in [0.4, 0.5) is 0 Å². The molecule has 4 aliphatic heterocycles. The van der Waals surface area contributed by atoms with E-state index in [-0.39, 0.29) is 64.0 Å². The van der Waals surface area contributed by atoms with E-state index in [1.807, 2.05) is 6.92 Å². The lowest BCUT2D eigenvalue weighted by Crippen LogP contribution is -2.62. The molecule has 0 aromatic carbocycles. The second-order valence-corrected chi connectivity index (χ2v) is 18.2. The Hall–Kier alpha value is -0.690. The van der Waals surface area contributed by atoms with Gasteiger partial charge in [0.25, 0.3) is 0 Å². The molecular weight excluding hydrogens is 580 g/mol. The first-order valence-corrected chi connectivity index (χ1v) is 17.6. The first-order valence-electron chi connectivity index (χ1n) is 17.6. The van der Waals surface area contributed by atoms with Crippen LogP contribution in [0.2, 0.25) is 0 Å². The van der Waals surface area contributed by atoms with Gasteiger partial charge in [0.05, 0.1) is 18.8 Å². The molecule has 0 bridgehead atoms. The van der Waals surface area contributed by atoms with Gasteiger partial charge in [-0.1, -0.05) is 34.6 Å². The molecule has 18 atom stereocenters. The number of ether oxygens (including phenoxy) is 5. The van der Waals surface area contributed by atoms with Crippen LogP contribution in [0, 0.1) is 50.7 Å². The number of carbonyl (C=O) groups is 1. The number of rotatable bonds is 2. The number of carbonyl (C=O) groups excluding carboxylic acids is 1. The molecule has 5 aliphatic carbocycles. The Morgan fingerprint density at radius 3 is 2.29 bits per heavy atom. The molecule has 45 heavy (non-hydrogen) atoms. The first-order chi connectivity index (χ1) is 21.0.